The Bertz CT molecular complexity index is 1580. The van der Waals surface area contributed by atoms with Crippen LogP contribution in [0.25, 0.3) is 17.2 Å². The number of unbranched alkanes of at least 4 members (excludes halogenated alkanes) is 2. The molecule has 0 spiro atoms. The molecule has 1 fully saturated rings. The Labute approximate surface area is 257 Å². The van der Waals surface area contributed by atoms with E-state index < -0.39 is 20.2 Å². The lowest BCUT2D eigenvalue weighted by molar-refractivity contribution is -0.678. The fourth-order valence-electron chi connectivity index (χ4n) is 5.17. The molecule has 1 aliphatic heterocycles. The topological polar surface area (TPSA) is 138 Å². The van der Waals surface area contributed by atoms with Crippen molar-refractivity contribution in [3.8, 4) is 0 Å². The predicted octanol–water partition coefficient (Wildman–Crippen LogP) is 5.25. The van der Waals surface area contributed by atoms with E-state index in [0.717, 1.165) is 34.8 Å². The number of hydrogen-bond donors (Lipinski definition) is 2. The van der Waals surface area contributed by atoms with E-state index in [1.807, 2.05) is 41.8 Å². The number of allylic oxidation sites excluding steroid dienone is 2. The Morgan fingerprint density at radius 2 is 1.73 bits per heavy atom. The number of aromatic nitrogens is 1. The molecule has 226 valence electrons. The first-order valence-corrected chi connectivity index (χ1v) is 18.6. The van der Waals surface area contributed by atoms with Gasteiger partial charge in [-0.1, -0.05) is 38.8 Å². The molecule has 2 N–H and O–H groups in total. The van der Waals surface area contributed by atoms with Crippen molar-refractivity contribution in [3.05, 3.63) is 46.1 Å². The Kier molecular flexibility index (Phi) is 10.9. The Morgan fingerprint density at radius 1 is 1.05 bits per heavy atom. The number of oxazole rings is 1. The number of benzene rings is 1. The van der Waals surface area contributed by atoms with Crippen molar-refractivity contribution in [3.63, 3.8) is 0 Å². The minimum Gasteiger partial charge on any atom is -0.430 e. The van der Waals surface area contributed by atoms with Gasteiger partial charge in [-0.05, 0) is 49.8 Å². The lowest BCUT2D eigenvalue weighted by atomic mass is 9.95. The molecule has 1 aromatic heterocycles. The zero-order chi connectivity index (χ0) is 29.8. The second-order valence-electron chi connectivity index (χ2n) is 10.4. The van der Waals surface area contributed by atoms with E-state index in [4.69, 9.17) is 18.3 Å². The SMILES string of the molecule is CCC(=Cc1oc2ccc(Br)cc2[n+]1CCCCS(=O)(=O)O)C=C1OC2CCC(Br)CC2=[N+]1CCCCS(=O)(=O)O. The second-order valence-corrected chi connectivity index (χ2v) is 15.7. The fourth-order valence-corrected chi connectivity index (χ4v) is 7.25. The van der Waals surface area contributed by atoms with Crippen molar-refractivity contribution in [1.29, 1.82) is 0 Å². The minimum absolute atomic E-state index is 0.0222. The average molecular weight is 741 g/mol. The first-order valence-electron chi connectivity index (χ1n) is 13.7. The standard InChI is InChI=1S/C27H34Br2N2O8S2/c1-2-19(15-26-30(11-3-5-13-40(32,33)34)22-17-20(28)7-9-24(22)38-26)16-27-31(12-4-6-14-41(35,36)37)23-18-21(29)8-10-25(23)39-27/h7,9,15-17,21,25H,2-6,8,10-14,18H2,1H3/p+2. The van der Waals surface area contributed by atoms with Crippen LogP contribution in [0.1, 0.15) is 64.2 Å². The second kappa shape index (κ2) is 13.8. The number of aryl methyl sites for hydroxylation is 1. The van der Waals surface area contributed by atoms with E-state index in [1.54, 1.807) is 0 Å². The largest absolute Gasteiger partial charge is 0.430 e. The van der Waals surface area contributed by atoms with Crippen LogP contribution in [-0.2, 0) is 31.5 Å². The van der Waals surface area contributed by atoms with Crippen molar-refractivity contribution in [2.45, 2.75) is 75.8 Å². The highest BCUT2D eigenvalue weighted by molar-refractivity contribution is 9.10. The van der Waals surface area contributed by atoms with Gasteiger partial charge in [-0.15, -0.1) is 0 Å². The van der Waals surface area contributed by atoms with Crippen LogP contribution in [0.4, 0.5) is 0 Å². The van der Waals surface area contributed by atoms with Crippen LogP contribution in [0.3, 0.4) is 0 Å². The summed E-state index contributed by atoms with van der Waals surface area (Å²) < 4.78 is 80.6. The van der Waals surface area contributed by atoms with Crippen LogP contribution in [-0.4, -0.2) is 65.2 Å². The van der Waals surface area contributed by atoms with Crippen molar-refractivity contribution >= 4 is 75.0 Å². The van der Waals surface area contributed by atoms with Gasteiger partial charge in [-0.25, -0.2) is 0 Å². The van der Waals surface area contributed by atoms with Crippen LogP contribution in [0, 0.1) is 0 Å². The summed E-state index contributed by atoms with van der Waals surface area (Å²) >= 11 is 7.26. The summed E-state index contributed by atoms with van der Waals surface area (Å²) in [6.07, 6.45) is 9.13. The highest BCUT2D eigenvalue weighted by Gasteiger charge is 2.42. The lowest BCUT2D eigenvalue weighted by Crippen LogP contribution is -2.35. The molecule has 1 saturated carbocycles. The summed E-state index contributed by atoms with van der Waals surface area (Å²) in [5.74, 6) is 0.761. The highest BCUT2D eigenvalue weighted by Crippen LogP contribution is 2.32. The number of hydrogen-bond acceptors (Lipinski definition) is 6. The predicted molar refractivity (Wildman–Crippen MR) is 163 cm³/mol. The van der Waals surface area contributed by atoms with Crippen molar-refractivity contribution < 1.29 is 44.2 Å². The molecule has 0 bridgehead atoms. The molecule has 1 aliphatic carbocycles. The molecule has 10 nitrogen and oxygen atoms in total. The molecular weight excluding hydrogens is 704 g/mol. The Hall–Kier alpha value is -1.58. The summed E-state index contributed by atoms with van der Waals surface area (Å²) in [7, 11) is -8.02. The smallest absolute Gasteiger partial charge is 0.374 e. The monoisotopic (exact) mass is 738 g/mol. The molecule has 0 amide bonds. The summed E-state index contributed by atoms with van der Waals surface area (Å²) in [5, 5.41) is 0. The van der Waals surface area contributed by atoms with Crippen molar-refractivity contribution in [1.82, 2.24) is 0 Å². The normalized spacial score (nSPS) is 21.1. The zero-order valence-corrected chi connectivity index (χ0v) is 27.6. The maximum atomic E-state index is 11.2. The van der Waals surface area contributed by atoms with E-state index in [9.17, 15) is 16.8 Å². The van der Waals surface area contributed by atoms with Crippen LogP contribution in [0.5, 0.6) is 0 Å². The maximum absolute atomic E-state index is 11.2. The number of nitrogens with zero attached hydrogens (tertiary/aromatic N) is 2. The maximum Gasteiger partial charge on any atom is 0.374 e. The van der Waals surface area contributed by atoms with Crippen molar-refractivity contribution in [2.75, 3.05) is 18.1 Å². The van der Waals surface area contributed by atoms with Gasteiger partial charge in [-0.2, -0.15) is 26.0 Å². The van der Waals surface area contributed by atoms with E-state index in [2.05, 4.69) is 36.4 Å². The zero-order valence-electron chi connectivity index (χ0n) is 22.8. The molecular formula is C27H36Br2N2O8S2+2. The number of ether oxygens (including phenoxy) is 1. The molecule has 4 rings (SSSR count). The van der Waals surface area contributed by atoms with Gasteiger partial charge in [0, 0.05) is 34.6 Å². The summed E-state index contributed by atoms with van der Waals surface area (Å²) in [6, 6.07) is 5.73. The van der Waals surface area contributed by atoms with E-state index in [1.165, 1.54) is 5.71 Å². The highest BCUT2D eigenvalue weighted by atomic mass is 79.9. The number of fused-ring (bicyclic) bond motifs is 2. The van der Waals surface area contributed by atoms with Crippen LogP contribution in [0.15, 0.2) is 44.6 Å². The summed E-state index contributed by atoms with van der Waals surface area (Å²) in [5.41, 5.74) is 3.69. The molecule has 0 saturated heterocycles. The summed E-state index contributed by atoms with van der Waals surface area (Å²) in [4.78, 5) is 0.354. The van der Waals surface area contributed by atoms with Gasteiger partial charge in [0.15, 0.2) is 19.2 Å². The molecule has 2 atom stereocenters. The van der Waals surface area contributed by atoms with E-state index in [-0.39, 0.29) is 17.6 Å². The van der Waals surface area contributed by atoms with Gasteiger partial charge < -0.3 is 9.15 Å². The molecule has 14 heteroatoms. The van der Waals surface area contributed by atoms with Gasteiger partial charge in [0.25, 0.3) is 25.8 Å². The first-order chi connectivity index (χ1) is 19.3. The lowest BCUT2D eigenvalue weighted by Gasteiger charge is -2.18. The Morgan fingerprint density at radius 3 is 2.39 bits per heavy atom. The summed E-state index contributed by atoms with van der Waals surface area (Å²) in [6.45, 7) is 3.12. The number of alkyl halides is 1. The molecule has 0 radical (unpaired) electrons. The van der Waals surface area contributed by atoms with Crippen LogP contribution in [0.2, 0.25) is 0 Å². The van der Waals surface area contributed by atoms with E-state index in [0.29, 0.717) is 67.4 Å². The van der Waals surface area contributed by atoms with Gasteiger partial charge in [0.1, 0.15) is 0 Å². The Balaban J connectivity index is 1.64. The molecule has 2 aliphatic rings. The minimum atomic E-state index is -4.02. The van der Waals surface area contributed by atoms with Crippen LogP contribution >= 0.6 is 31.9 Å². The third-order valence-electron chi connectivity index (χ3n) is 7.21. The molecule has 2 heterocycles. The third-order valence-corrected chi connectivity index (χ3v) is 10.1. The third kappa shape index (κ3) is 9.20. The number of rotatable bonds is 13. The number of halogens is 2. The molecule has 1 aromatic carbocycles. The van der Waals surface area contributed by atoms with Gasteiger partial charge >= 0.3 is 11.8 Å². The average Bonchev–Trinajstić information content (AvgIpc) is 3.39. The van der Waals surface area contributed by atoms with E-state index >= 15 is 0 Å². The van der Waals surface area contributed by atoms with Crippen LogP contribution < -0.4 is 4.57 Å². The van der Waals surface area contributed by atoms with Gasteiger partial charge in [-0.3, -0.25) is 9.11 Å². The van der Waals surface area contributed by atoms with Gasteiger partial charge in [0.05, 0.1) is 23.7 Å². The fraction of sp³-hybridized carbons (Fsp3) is 0.556. The quantitative estimate of drug-likeness (QED) is 0.123. The van der Waals surface area contributed by atoms with Crippen molar-refractivity contribution in [2.24, 2.45) is 0 Å². The molecule has 2 aromatic rings. The molecule has 41 heavy (non-hydrogen) atoms. The van der Waals surface area contributed by atoms with Gasteiger partial charge in [0.2, 0.25) is 11.3 Å². The first kappa shape index (κ1) is 32.3. The molecule has 2 unspecified atom stereocenters.